The third-order valence-corrected chi connectivity index (χ3v) is 12.3. The molecular weight excluding hydrogens is 528 g/mol. The van der Waals surface area contributed by atoms with Crippen molar-refractivity contribution in [1.29, 1.82) is 0 Å². The standard InChI is InChI=1S/C33H66N4O3Si/c1-5-23-35-28-36(30-37(29-35)25-17-26-41(38-6-2,39-7-3)40-8-4)24-16-15-22-33(27-31-18-11-9-12-19-31)34-32-20-13-10-14-21-32/h31-32H,5-30H2,1-4H3. The minimum Gasteiger partial charge on any atom is -0.374 e. The van der Waals surface area contributed by atoms with E-state index in [-0.39, 0.29) is 0 Å². The molecule has 0 unspecified atom stereocenters. The maximum Gasteiger partial charge on any atom is 0.500 e. The van der Waals surface area contributed by atoms with Crippen molar-refractivity contribution in [1.82, 2.24) is 14.7 Å². The van der Waals surface area contributed by atoms with Gasteiger partial charge in [-0.3, -0.25) is 19.7 Å². The molecule has 240 valence electrons. The number of hydrogen-bond acceptors (Lipinski definition) is 7. The van der Waals surface area contributed by atoms with Crippen LogP contribution in [0.25, 0.3) is 0 Å². The SMILES string of the molecule is CCCN1CN(CCCCC(CC2CCCCC2)=NC2CCCCC2)CN(CCC[Si](OCC)(OCC)OCC)C1. The van der Waals surface area contributed by atoms with E-state index < -0.39 is 8.80 Å². The first-order chi connectivity index (χ1) is 20.1. The van der Waals surface area contributed by atoms with E-state index in [4.69, 9.17) is 18.3 Å². The van der Waals surface area contributed by atoms with Crippen molar-refractivity contribution in [3.8, 4) is 0 Å². The third-order valence-electron chi connectivity index (χ3n) is 9.17. The fraction of sp³-hybridized carbons (Fsp3) is 0.970. The molecule has 0 aromatic heterocycles. The Morgan fingerprint density at radius 2 is 1.20 bits per heavy atom. The van der Waals surface area contributed by atoms with Crippen LogP contribution >= 0.6 is 0 Å². The Morgan fingerprint density at radius 1 is 0.659 bits per heavy atom. The van der Waals surface area contributed by atoms with E-state index in [2.05, 4.69) is 21.6 Å². The largest absolute Gasteiger partial charge is 0.500 e. The van der Waals surface area contributed by atoms with Crippen molar-refractivity contribution in [2.24, 2.45) is 10.9 Å². The van der Waals surface area contributed by atoms with Crippen LogP contribution in [0.3, 0.4) is 0 Å². The number of unbranched alkanes of at least 4 members (excludes halogenated alkanes) is 1. The van der Waals surface area contributed by atoms with Crippen LogP contribution in [0.4, 0.5) is 0 Å². The van der Waals surface area contributed by atoms with E-state index in [1.165, 1.54) is 109 Å². The molecule has 3 fully saturated rings. The van der Waals surface area contributed by atoms with Crippen LogP contribution in [0.5, 0.6) is 0 Å². The highest BCUT2D eigenvalue weighted by molar-refractivity contribution is 6.60. The van der Waals surface area contributed by atoms with Crippen LogP contribution in [0.1, 0.15) is 130 Å². The second-order valence-corrected chi connectivity index (χ2v) is 15.6. The molecule has 2 aliphatic carbocycles. The normalized spacial score (nSPS) is 21.6. The Hall–Kier alpha value is -0.353. The molecule has 0 radical (unpaired) electrons. The van der Waals surface area contributed by atoms with Gasteiger partial charge in [0.05, 0.1) is 20.0 Å². The summed E-state index contributed by atoms with van der Waals surface area (Å²) in [5.41, 5.74) is 1.57. The second-order valence-electron chi connectivity index (χ2n) is 12.8. The van der Waals surface area contributed by atoms with Gasteiger partial charge in [0.1, 0.15) is 0 Å². The van der Waals surface area contributed by atoms with Gasteiger partial charge in [-0.2, -0.15) is 0 Å². The Labute approximate surface area is 255 Å². The van der Waals surface area contributed by atoms with Crippen LogP contribution < -0.4 is 0 Å². The average molecular weight is 595 g/mol. The quantitative estimate of drug-likeness (QED) is 0.0824. The van der Waals surface area contributed by atoms with Gasteiger partial charge in [0.15, 0.2) is 0 Å². The molecule has 0 bridgehead atoms. The number of hydrogen-bond donors (Lipinski definition) is 0. The molecule has 0 N–H and O–H groups in total. The maximum atomic E-state index is 6.11. The van der Waals surface area contributed by atoms with Gasteiger partial charge in [-0.15, -0.1) is 0 Å². The van der Waals surface area contributed by atoms with Crippen molar-refractivity contribution in [3.63, 3.8) is 0 Å². The third kappa shape index (κ3) is 13.4. The van der Waals surface area contributed by atoms with Crippen molar-refractivity contribution >= 4 is 14.5 Å². The molecule has 1 heterocycles. The van der Waals surface area contributed by atoms with Gasteiger partial charge in [0.2, 0.25) is 0 Å². The first-order valence-electron chi connectivity index (χ1n) is 17.7. The van der Waals surface area contributed by atoms with Crippen LogP contribution in [0.2, 0.25) is 6.04 Å². The molecule has 41 heavy (non-hydrogen) atoms. The van der Waals surface area contributed by atoms with Gasteiger partial charge in [-0.1, -0.05) is 58.3 Å². The number of aliphatic imine (C=N–C) groups is 1. The van der Waals surface area contributed by atoms with Gasteiger partial charge in [0, 0.05) is 57.3 Å². The molecule has 0 atom stereocenters. The van der Waals surface area contributed by atoms with Crippen molar-refractivity contribution < 1.29 is 13.3 Å². The first kappa shape index (κ1) is 35.1. The van der Waals surface area contributed by atoms with Crippen molar-refractivity contribution in [2.75, 3.05) is 59.5 Å². The lowest BCUT2D eigenvalue weighted by Gasteiger charge is -2.42. The van der Waals surface area contributed by atoms with Crippen molar-refractivity contribution in [2.45, 2.75) is 143 Å². The van der Waals surface area contributed by atoms with Gasteiger partial charge in [-0.05, 0) is 78.1 Å². The minimum atomic E-state index is -2.56. The Bertz CT molecular complexity index is 683. The lowest BCUT2D eigenvalue weighted by Crippen LogP contribution is -2.55. The molecule has 1 saturated heterocycles. The molecular formula is C33H66N4O3Si. The van der Waals surface area contributed by atoms with Crippen LogP contribution in [-0.2, 0) is 13.3 Å². The predicted molar refractivity (Wildman–Crippen MR) is 174 cm³/mol. The highest BCUT2D eigenvalue weighted by Gasteiger charge is 2.40. The lowest BCUT2D eigenvalue weighted by atomic mass is 9.84. The number of nitrogens with zero attached hydrogens (tertiary/aromatic N) is 4. The molecule has 0 spiro atoms. The number of rotatable bonds is 20. The molecule has 7 nitrogen and oxygen atoms in total. The van der Waals surface area contributed by atoms with E-state index in [0.29, 0.717) is 25.9 Å². The molecule has 3 rings (SSSR count). The molecule has 2 saturated carbocycles. The van der Waals surface area contributed by atoms with Crippen LogP contribution in [-0.4, -0.2) is 94.7 Å². The Morgan fingerprint density at radius 3 is 1.76 bits per heavy atom. The summed E-state index contributed by atoms with van der Waals surface area (Å²) in [7, 11) is -2.56. The summed E-state index contributed by atoms with van der Waals surface area (Å²) in [6, 6.07) is 1.52. The smallest absolute Gasteiger partial charge is 0.374 e. The molecule has 0 aromatic carbocycles. The van der Waals surface area contributed by atoms with Gasteiger partial charge >= 0.3 is 8.80 Å². The summed E-state index contributed by atoms with van der Waals surface area (Å²) in [6.45, 7) is 17.1. The zero-order chi connectivity index (χ0) is 29.2. The summed E-state index contributed by atoms with van der Waals surface area (Å²) in [5.74, 6) is 0.902. The minimum absolute atomic E-state index is 0.621. The highest BCUT2D eigenvalue weighted by Crippen LogP contribution is 2.29. The Balaban J connectivity index is 1.48. The average Bonchev–Trinajstić information content (AvgIpc) is 2.97. The van der Waals surface area contributed by atoms with Gasteiger partial charge < -0.3 is 13.3 Å². The van der Waals surface area contributed by atoms with E-state index in [0.717, 1.165) is 44.9 Å². The molecule has 0 aromatic rings. The molecule has 0 amide bonds. The molecule has 1 aliphatic heterocycles. The van der Waals surface area contributed by atoms with Crippen molar-refractivity contribution in [3.05, 3.63) is 0 Å². The fourth-order valence-electron chi connectivity index (χ4n) is 7.32. The summed E-state index contributed by atoms with van der Waals surface area (Å²) >= 11 is 0. The fourth-order valence-corrected chi connectivity index (χ4v) is 9.91. The summed E-state index contributed by atoms with van der Waals surface area (Å²) in [6.07, 6.45) is 21.4. The highest BCUT2D eigenvalue weighted by atomic mass is 28.4. The predicted octanol–water partition coefficient (Wildman–Crippen LogP) is 7.54. The first-order valence-corrected chi connectivity index (χ1v) is 19.7. The summed E-state index contributed by atoms with van der Waals surface area (Å²) < 4.78 is 18.3. The molecule has 8 heteroatoms. The monoisotopic (exact) mass is 594 g/mol. The van der Waals surface area contributed by atoms with Crippen LogP contribution in [0.15, 0.2) is 4.99 Å². The van der Waals surface area contributed by atoms with E-state index >= 15 is 0 Å². The topological polar surface area (TPSA) is 49.8 Å². The zero-order valence-electron chi connectivity index (χ0n) is 27.6. The van der Waals surface area contributed by atoms with E-state index in [1.807, 2.05) is 20.8 Å². The molecule has 3 aliphatic rings. The second kappa shape index (κ2) is 20.6. The van der Waals surface area contributed by atoms with E-state index in [9.17, 15) is 0 Å². The van der Waals surface area contributed by atoms with E-state index in [1.54, 1.807) is 5.71 Å². The van der Waals surface area contributed by atoms with Crippen LogP contribution in [0, 0.1) is 5.92 Å². The van der Waals surface area contributed by atoms with Gasteiger partial charge in [0.25, 0.3) is 0 Å². The Kier molecular flexibility index (Phi) is 17.6. The maximum absolute atomic E-state index is 6.11. The summed E-state index contributed by atoms with van der Waals surface area (Å²) in [5, 5.41) is 0. The zero-order valence-corrected chi connectivity index (χ0v) is 28.6. The summed E-state index contributed by atoms with van der Waals surface area (Å²) in [4.78, 5) is 13.3. The lowest BCUT2D eigenvalue weighted by molar-refractivity contribution is -0.0303. The van der Waals surface area contributed by atoms with Gasteiger partial charge in [-0.25, -0.2) is 0 Å².